The van der Waals surface area contributed by atoms with Gasteiger partial charge in [-0.3, -0.25) is 4.57 Å². The molecule has 0 aromatic carbocycles. The lowest BCUT2D eigenvalue weighted by atomic mass is 11.0. The van der Waals surface area contributed by atoms with Crippen LogP contribution in [0.5, 0.6) is 0 Å². The minimum Gasteiger partial charge on any atom is -0.283 e. The first kappa shape index (κ1) is 6.34. The molecule has 1 heterocycles. The van der Waals surface area contributed by atoms with Crippen LogP contribution in [0.25, 0.3) is 0 Å². The molecule has 1 nitrogen and oxygen atoms in total. The van der Waals surface area contributed by atoms with Crippen molar-refractivity contribution in [2.45, 2.75) is 0 Å². The van der Waals surface area contributed by atoms with E-state index in [1.54, 1.807) is 0 Å². The number of halogens is 1. The Morgan fingerprint density at radius 1 is 1.43 bits per heavy atom. The molecule has 1 aliphatic rings. The maximum atomic E-state index is 10.7. The van der Waals surface area contributed by atoms with E-state index in [0.29, 0.717) is 0 Å². The highest BCUT2D eigenvalue weighted by Crippen LogP contribution is 2.77. The van der Waals surface area contributed by atoms with Gasteiger partial charge in [0.2, 0.25) is 0 Å². The van der Waals surface area contributed by atoms with E-state index in [9.17, 15) is 4.57 Å². The zero-order valence-corrected chi connectivity index (χ0v) is 6.75. The Kier molecular flexibility index (Phi) is 2.01. The third kappa shape index (κ3) is 1.88. The third-order valence-electron chi connectivity index (χ3n) is 0.574. The minimum absolute atomic E-state index is 0.950. The standard InChI is InChI=1S/C2H4ClOPS2/c3-5(4)6-1-2-7-5/h1-2H2. The second-order valence-corrected chi connectivity index (χ2v) is 11.3. The molecule has 1 saturated heterocycles. The Morgan fingerprint density at radius 2 is 1.86 bits per heavy atom. The first-order valence-corrected chi connectivity index (χ1v) is 7.59. The summed E-state index contributed by atoms with van der Waals surface area (Å²) in [6, 6.07) is 0. The zero-order chi connectivity index (χ0) is 5.33. The van der Waals surface area contributed by atoms with Crippen LogP contribution in [-0.2, 0) is 4.57 Å². The second kappa shape index (κ2) is 2.22. The Bertz CT molecular complexity index is 106. The van der Waals surface area contributed by atoms with Gasteiger partial charge in [-0.2, -0.15) is 0 Å². The van der Waals surface area contributed by atoms with Crippen LogP contribution in [0.2, 0.25) is 0 Å². The quantitative estimate of drug-likeness (QED) is 0.526. The molecule has 0 radical (unpaired) electrons. The van der Waals surface area contributed by atoms with Crippen LogP contribution in [-0.4, -0.2) is 11.5 Å². The summed E-state index contributed by atoms with van der Waals surface area (Å²) in [6.45, 7) is 0. The van der Waals surface area contributed by atoms with Gasteiger partial charge in [-0.25, -0.2) is 0 Å². The van der Waals surface area contributed by atoms with Crippen LogP contribution in [0.4, 0.5) is 0 Å². The Balaban J connectivity index is 2.57. The lowest BCUT2D eigenvalue weighted by molar-refractivity contribution is 0.601. The molecule has 0 spiro atoms. The van der Waals surface area contributed by atoms with Crippen LogP contribution >= 0.6 is 38.9 Å². The van der Waals surface area contributed by atoms with Gasteiger partial charge in [-0.05, 0) is 11.2 Å². The molecular weight excluding hydrogens is 171 g/mol. The van der Waals surface area contributed by atoms with Crippen molar-refractivity contribution in [3.8, 4) is 0 Å². The van der Waals surface area contributed by atoms with Gasteiger partial charge < -0.3 is 0 Å². The van der Waals surface area contributed by atoms with Gasteiger partial charge in [0.15, 0.2) is 0 Å². The van der Waals surface area contributed by atoms with Crippen LogP contribution in [0.3, 0.4) is 0 Å². The Hall–Kier alpha value is 1.22. The van der Waals surface area contributed by atoms with E-state index < -0.39 is 4.90 Å². The predicted octanol–water partition coefficient (Wildman–Crippen LogP) is 2.81. The average molecular weight is 175 g/mol. The summed E-state index contributed by atoms with van der Waals surface area (Å²) >= 11 is 8.22. The third-order valence-corrected chi connectivity index (χ3v) is 8.82. The van der Waals surface area contributed by atoms with Crippen LogP contribution in [0, 0.1) is 0 Å². The molecule has 0 aliphatic carbocycles. The smallest absolute Gasteiger partial charge is 0.275 e. The topological polar surface area (TPSA) is 17.1 Å². The van der Waals surface area contributed by atoms with Crippen LogP contribution in [0.1, 0.15) is 0 Å². The second-order valence-electron chi connectivity index (χ2n) is 1.10. The first-order valence-electron chi connectivity index (χ1n) is 1.79. The summed E-state index contributed by atoms with van der Waals surface area (Å²) in [6.07, 6.45) is 0. The monoisotopic (exact) mass is 174 g/mol. The predicted molar refractivity (Wildman–Crippen MR) is 38.4 cm³/mol. The minimum atomic E-state index is -2.24. The molecule has 0 amide bonds. The maximum absolute atomic E-state index is 10.7. The molecule has 0 unspecified atom stereocenters. The van der Waals surface area contributed by atoms with Gasteiger partial charge in [-0.1, -0.05) is 22.8 Å². The van der Waals surface area contributed by atoms with E-state index >= 15 is 0 Å². The first-order chi connectivity index (χ1) is 3.21. The fraction of sp³-hybridized carbons (Fsp3) is 1.00. The van der Waals surface area contributed by atoms with Crippen molar-refractivity contribution >= 4 is 38.9 Å². The molecule has 1 fully saturated rings. The number of hydrogen-bond donors (Lipinski definition) is 0. The molecule has 0 N–H and O–H groups in total. The Labute approximate surface area is 55.2 Å². The van der Waals surface area contributed by atoms with Crippen molar-refractivity contribution in [2.75, 3.05) is 11.5 Å². The molecule has 0 bridgehead atoms. The largest absolute Gasteiger partial charge is 0.283 e. The number of hydrogen-bond acceptors (Lipinski definition) is 3. The van der Waals surface area contributed by atoms with E-state index in [1.807, 2.05) is 0 Å². The molecule has 1 aliphatic heterocycles. The maximum Gasteiger partial charge on any atom is 0.275 e. The van der Waals surface area contributed by atoms with Gasteiger partial charge in [0.25, 0.3) is 4.90 Å². The van der Waals surface area contributed by atoms with Crippen LogP contribution < -0.4 is 0 Å². The van der Waals surface area contributed by atoms with Crippen LogP contribution in [0.15, 0.2) is 0 Å². The van der Waals surface area contributed by atoms with Crippen molar-refractivity contribution < 1.29 is 4.57 Å². The summed E-state index contributed by atoms with van der Waals surface area (Å²) in [5, 5.41) is 0. The van der Waals surface area contributed by atoms with Gasteiger partial charge in [0, 0.05) is 11.5 Å². The average Bonchev–Trinajstić information content (AvgIpc) is 1.84. The molecular formula is C2H4ClOPS2. The van der Waals surface area contributed by atoms with E-state index in [4.69, 9.17) is 11.2 Å². The normalized spacial score (nSPS) is 28.1. The summed E-state index contributed by atoms with van der Waals surface area (Å²) < 4.78 is 10.7. The van der Waals surface area contributed by atoms with E-state index in [-0.39, 0.29) is 0 Å². The molecule has 0 atom stereocenters. The van der Waals surface area contributed by atoms with E-state index in [0.717, 1.165) is 11.5 Å². The highest BCUT2D eigenvalue weighted by Gasteiger charge is 2.25. The summed E-state index contributed by atoms with van der Waals surface area (Å²) in [7, 11) is 0. The molecule has 0 saturated carbocycles. The lowest BCUT2D eigenvalue weighted by Gasteiger charge is -1.90. The summed E-state index contributed by atoms with van der Waals surface area (Å²) in [5.41, 5.74) is 0. The fourth-order valence-corrected chi connectivity index (χ4v) is 7.57. The zero-order valence-electron chi connectivity index (χ0n) is 3.46. The molecule has 5 heteroatoms. The fourth-order valence-electron chi connectivity index (χ4n) is 0.330. The highest BCUT2D eigenvalue weighted by molar-refractivity contribution is 8.98. The lowest BCUT2D eigenvalue weighted by Crippen LogP contribution is -1.64. The Morgan fingerprint density at radius 3 is 2.00 bits per heavy atom. The van der Waals surface area contributed by atoms with E-state index in [2.05, 4.69) is 0 Å². The van der Waals surface area contributed by atoms with Crippen molar-refractivity contribution in [2.24, 2.45) is 0 Å². The van der Waals surface area contributed by atoms with Crippen molar-refractivity contribution in [3.05, 3.63) is 0 Å². The van der Waals surface area contributed by atoms with Gasteiger partial charge in [-0.15, -0.1) is 0 Å². The van der Waals surface area contributed by atoms with Crippen molar-refractivity contribution in [1.82, 2.24) is 0 Å². The summed E-state index contributed by atoms with van der Waals surface area (Å²) in [5.74, 6) is 1.90. The SMILES string of the molecule is O=P1(Cl)SCCS1. The summed E-state index contributed by atoms with van der Waals surface area (Å²) in [4.78, 5) is -2.24. The molecule has 0 aromatic rings. The van der Waals surface area contributed by atoms with Crippen molar-refractivity contribution in [3.63, 3.8) is 0 Å². The molecule has 0 aromatic heterocycles. The number of rotatable bonds is 0. The molecule has 7 heavy (non-hydrogen) atoms. The van der Waals surface area contributed by atoms with Crippen molar-refractivity contribution in [1.29, 1.82) is 0 Å². The van der Waals surface area contributed by atoms with E-state index in [1.165, 1.54) is 22.8 Å². The highest BCUT2D eigenvalue weighted by atomic mass is 35.7. The van der Waals surface area contributed by atoms with Gasteiger partial charge >= 0.3 is 0 Å². The molecule has 42 valence electrons. The van der Waals surface area contributed by atoms with Gasteiger partial charge in [0.05, 0.1) is 0 Å². The molecule has 1 rings (SSSR count). The van der Waals surface area contributed by atoms with Gasteiger partial charge in [0.1, 0.15) is 0 Å².